The summed E-state index contributed by atoms with van der Waals surface area (Å²) in [6.07, 6.45) is 0. The highest BCUT2D eigenvalue weighted by Crippen LogP contribution is 2.18. The molecule has 0 aliphatic rings. The Hall–Kier alpha value is -3.16. The number of halogens is 1. The van der Waals surface area contributed by atoms with Gasteiger partial charge < -0.3 is 20.4 Å². The van der Waals surface area contributed by atoms with Crippen LogP contribution in [0.5, 0.6) is 0 Å². The molecule has 0 bridgehead atoms. The molecule has 1 aromatic heterocycles. The fourth-order valence-electron chi connectivity index (χ4n) is 2.38. The summed E-state index contributed by atoms with van der Waals surface area (Å²) >= 11 is 0. The number of nitrogens with one attached hydrogen (secondary N) is 3. The molecule has 0 saturated carbocycles. The third kappa shape index (κ3) is 4.23. The molecule has 0 aliphatic heterocycles. The van der Waals surface area contributed by atoms with E-state index < -0.39 is 23.6 Å². The van der Waals surface area contributed by atoms with Crippen LogP contribution < -0.4 is 10.6 Å². The number of amides is 2. The third-order valence-electron chi connectivity index (χ3n) is 3.59. The van der Waals surface area contributed by atoms with Crippen LogP contribution in [-0.2, 0) is 9.53 Å². The van der Waals surface area contributed by atoms with E-state index in [0.29, 0.717) is 16.9 Å². The molecule has 0 radical (unpaired) electrons. The lowest BCUT2D eigenvalue weighted by molar-refractivity contribution is -0.115. The lowest BCUT2D eigenvalue weighted by atomic mass is 10.1. The summed E-state index contributed by atoms with van der Waals surface area (Å²) < 4.78 is 17.5. The lowest BCUT2D eigenvalue weighted by Gasteiger charge is -2.07. The maximum atomic E-state index is 12.8. The van der Waals surface area contributed by atoms with Crippen LogP contribution in [0.4, 0.5) is 10.1 Å². The Labute approximate surface area is 143 Å². The van der Waals surface area contributed by atoms with E-state index in [0.717, 1.165) is 0 Å². The molecule has 1 aromatic carbocycles. The van der Waals surface area contributed by atoms with Crippen molar-refractivity contribution in [2.45, 2.75) is 13.8 Å². The molecule has 132 valence electrons. The number of aryl methyl sites for hydroxylation is 1. The third-order valence-corrected chi connectivity index (χ3v) is 3.59. The molecule has 0 aliphatic carbocycles. The quantitative estimate of drug-likeness (QED) is 0.720. The molecule has 0 spiro atoms. The summed E-state index contributed by atoms with van der Waals surface area (Å²) in [6.45, 7) is 2.99. The highest BCUT2D eigenvalue weighted by molar-refractivity contribution is 6.03. The van der Waals surface area contributed by atoms with E-state index in [1.807, 2.05) is 0 Å². The minimum atomic E-state index is -0.575. The van der Waals surface area contributed by atoms with E-state index in [9.17, 15) is 18.8 Å². The van der Waals surface area contributed by atoms with Crippen molar-refractivity contribution in [1.82, 2.24) is 10.3 Å². The number of carbonyl (C=O) groups is 3. The first-order chi connectivity index (χ1) is 11.8. The van der Waals surface area contributed by atoms with E-state index in [4.69, 9.17) is 0 Å². The van der Waals surface area contributed by atoms with Crippen LogP contribution in [-0.4, -0.2) is 36.4 Å². The zero-order valence-corrected chi connectivity index (χ0v) is 14.0. The number of carbonyl (C=O) groups excluding carboxylic acids is 3. The van der Waals surface area contributed by atoms with Crippen LogP contribution in [0.25, 0.3) is 0 Å². The zero-order valence-electron chi connectivity index (χ0n) is 14.0. The van der Waals surface area contributed by atoms with Crippen molar-refractivity contribution in [3.8, 4) is 0 Å². The van der Waals surface area contributed by atoms with Crippen molar-refractivity contribution < 1.29 is 23.5 Å². The number of aromatic nitrogens is 1. The molecule has 25 heavy (non-hydrogen) atoms. The Kier molecular flexibility index (Phi) is 5.53. The van der Waals surface area contributed by atoms with Crippen molar-refractivity contribution in [2.24, 2.45) is 0 Å². The second-order valence-corrected chi connectivity index (χ2v) is 5.35. The Morgan fingerprint density at radius 2 is 1.80 bits per heavy atom. The van der Waals surface area contributed by atoms with Crippen LogP contribution >= 0.6 is 0 Å². The number of methoxy groups -OCH3 is 1. The summed E-state index contributed by atoms with van der Waals surface area (Å²) in [6, 6.07) is 5.26. The predicted molar refractivity (Wildman–Crippen MR) is 89.0 cm³/mol. The van der Waals surface area contributed by atoms with Gasteiger partial charge in [0.15, 0.2) is 0 Å². The highest BCUT2D eigenvalue weighted by Gasteiger charge is 2.22. The fraction of sp³-hybridized carbons (Fsp3) is 0.235. The largest absolute Gasteiger partial charge is 0.464 e. The van der Waals surface area contributed by atoms with Gasteiger partial charge in [-0.3, -0.25) is 9.59 Å². The van der Waals surface area contributed by atoms with E-state index in [2.05, 4.69) is 20.4 Å². The Bertz CT molecular complexity index is 812. The summed E-state index contributed by atoms with van der Waals surface area (Å²) in [5, 5.41) is 5.02. The van der Waals surface area contributed by atoms with Gasteiger partial charge in [-0.15, -0.1) is 0 Å². The number of H-pyrrole nitrogens is 1. The molecule has 0 atom stereocenters. The van der Waals surface area contributed by atoms with E-state index in [1.165, 1.54) is 31.4 Å². The Balaban J connectivity index is 2.00. The molecule has 8 heteroatoms. The molecule has 1 heterocycles. The SMILES string of the molecule is COC(=O)c1[nH]c(C)c(C(=O)NCC(=O)Nc2ccc(F)cc2)c1C. The van der Waals surface area contributed by atoms with Crippen molar-refractivity contribution in [1.29, 1.82) is 0 Å². The molecular weight excluding hydrogens is 329 g/mol. The van der Waals surface area contributed by atoms with Crippen LogP contribution in [0.15, 0.2) is 24.3 Å². The van der Waals surface area contributed by atoms with Gasteiger partial charge in [-0.25, -0.2) is 9.18 Å². The van der Waals surface area contributed by atoms with Gasteiger partial charge in [0.2, 0.25) is 5.91 Å². The molecular formula is C17H18FN3O4. The topological polar surface area (TPSA) is 100 Å². The zero-order chi connectivity index (χ0) is 18.6. The smallest absolute Gasteiger partial charge is 0.354 e. The highest BCUT2D eigenvalue weighted by atomic mass is 19.1. The summed E-state index contributed by atoms with van der Waals surface area (Å²) in [5.74, 6) is -1.94. The number of ether oxygens (including phenoxy) is 1. The van der Waals surface area contributed by atoms with Gasteiger partial charge in [-0.1, -0.05) is 0 Å². The van der Waals surface area contributed by atoms with E-state index >= 15 is 0 Å². The van der Waals surface area contributed by atoms with Crippen molar-refractivity contribution in [3.05, 3.63) is 52.6 Å². The number of hydrogen-bond donors (Lipinski definition) is 3. The van der Waals surface area contributed by atoms with Gasteiger partial charge in [0.05, 0.1) is 19.2 Å². The van der Waals surface area contributed by atoms with E-state index in [-0.39, 0.29) is 17.8 Å². The monoisotopic (exact) mass is 347 g/mol. The Morgan fingerprint density at radius 1 is 1.16 bits per heavy atom. The standard InChI is InChI=1S/C17H18FN3O4/c1-9-14(10(2)20-15(9)17(24)25-3)16(23)19-8-13(22)21-12-6-4-11(18)5-7-12/h4-7,20H,8H2,1-3H3,(H,19,23)(H,21,22). The minimum absolute atomic E-state index is 0.195. The number of benzene rings is 1. The first kappa shape index (κ1) is 18.2. The number of anilines is 1. The van der Waals surface area contributed by atoms with Crippen molar-refractivity contribution >= 4 is 23.5 Å². The normalized spacial score (nSPS) is 10.2. The van der Waals surface area contributed by atoms with Crippen molar-refractivity contribution in [2.75, 3.05) is 19.0 Å². The van der Waals surface area contributed by atoms with Gasteiger partial charge in [0.25, 0.3) is 5.91 Å². The van der Waals surface area contributed by atoms with Gasteiger partial charge in [-0.05, 0) is 43.7 Å². The molecule has 3 N–H and O–H groups in total. The van der Waals surface area contributed by atoms with Gasteiger partial charge in [-0.2, -0.15) is 0 Å². The average Bonchev–Trinajstić information content (AvgIpc) is 2.88. The molecule has 0 saturated heterocycles. The number of rotatable bonds is 5. The minimum Gasteiger partial charge on any atom is -0.464 e. The van der Waals surface area contributed by atoms with Crippen LogP contribution in [0.2, 0.25) is 0 Å². The van der Waals surface area contributed by atoms with E-state index in [1.54, 1.807) is 13.8 Å². The molecule has 0 unspecified atom stereocenters. The first-order valence-corrected chi connectivity index (χ1v) is 7.44. The van der Waals surface area contributed by atoms with Crippen LogP contribution in [0.3, 0.4) is 0 Å². The fourth-order valence-corrected chi connectivity index (χ4v) is 2.38. The number of esters is 1. The second kappa shape index (κ2) is 7.61. The van der Waals surface area contributed by atoms with Crippen molar-refractivity contribution in [3.63, 3.8) is 0 Å². The van der Waals surface area contributed by atoms with Crippen LogP contribution in [0.1, 0.15) is 32.1 Å². The lowest BCUT2D eigenvalue weighted by Crippen LogP contribution is -2.33. The summed E-state index contributed by atoms with van der Waals surface area (Å²) in [4.78, 5) is 38.6. The second-order valence-electron chi connectivity index (χ2n) is 5.35. The van der Waals surface area contributed by atoms with Gasteiger partial charge in [0, 0.05) is 11.4 Å². The van der Waals surface area contributed by atoms with Crippen LogP contribution in [0, 0.1) is 19.7 Å². The summed E-state index contributed by atoms with van der Waals surface area (Å²) in [5.41, 5.74) is 1.84. The number of aromatic amines is 1. The Morgan fingerprint density at radius 3 is 2.40 bits per heavy atom. The molecule has 7 nitrogen and oxygen atoms in total. The summed E-state index contributed by atoms with van der Waals surface area (Å²) in [7, 11) is 1.25. The average molecular weight is 347 g/mol. The molecule has 2 rings (SSSR count). The molecule has 0 fully saturated rings. The van der Waals surface area contributed by atoms with Gasteiger partial charge >= 0.3 is 5.97 Å². The molecule has 2 aromatic rings. The maximum Gasteiger partial charge on any atom is 0.354 e. The number of hydrogen-bond acceptors (Lipinski definition) is 4. The molecule has 2 amide bonds. The first-order valence-electron chi connectivity index (χ1n) is 7.44. The predicted octanol–water partition coefficient (Wildman–Crippen LogP) is 1.93. The maximum absolute atomic E-state index is 12.8. The van der Waals surface area contributed by atoms with Gasteiger partial charge in [0.1, 0.15) is 11.5 Å².